The minimum Gasteiger partial charge on any atom is -0.494 e. The average molecular weight is 317 g/mol. The summed E-state index contributed by atoms with van der Waals surface area (Å²) >= 11 is 0. The van der Waals surface area contributed by atoms with E-state index in [0.29, 0.717) is 13.2 Å². The molecule has 0 bridgehead atoms. The molecule has 1 amide bonds. The molecule has 0 fully saturated rings. The van der Waals surface area contributed by atoms with Gasteiger partial charge in [0.25, 0.3) is 0 Å². The van der Waals surface area contributed by atoms with E-state index >= 15 is 0 Å². The van der Waals surface area contributed by atoms with Crippen LogP contribution in [0.3, 0.4) is 0 Å². The lowest BCUT2D eigenvalue weighted by molar-refractivity contribution is -0.118. The molecule has 0 saturated carbocycles. The number of halogens is 1. The number of hydrogen-bond donors (Lipinski definition) is 2. The van der Waals surface area contributed by atoms with Gasteiger partial charge in [0, 0.05) is 25.4 Å². The highest BCUT2D eigenvalue weighted by molar-refractivity contribution is 5.91. The number of rotatable bonds is 9. The zero-order valence-electron chi connectivity index (χ0n) is 12.6. The van der Waals surface area contributed by atoms with Crippen molar-refractivity contribution >= 4 is 24.0 Å². The van der Waals surface area contributed by atoms with Crippen LogP contribution < -0.4 is 15.8 Å². The first kappa shape index (κ1) is 19.7. The second-order valence-electron chi connectivity index (χ2n) is 4.58. The number of methoxy groups -OCH3 is 1. The Balaban J connectivity index is 0.00000400. The van der Waals surface area contributed by atoms with Crippen LogP contribution in [0, 0.1) is 0 Å². The summed E-state index contributed by atoms with van der Waals surface area (Å²) < 4.78 is 10.7. The Hall–Kier alpha value is -1.30. The van der Waals surface area contributed by atoms with Crippen molar-refractivity contribution in [2.45, 2.75) is 32.3 Å². The summed E-state index contributed by atoms with van der Waals surface area (Å²) in [5, 5.41) is 2.82. The highest BCUT2D eigenvalue weighted by Crippen LogP contribution is 2.18. The molecule has 0 radical (unpaired) electrons. The van der Waals surface area contributed by atoms with E-state index in [2.05, 4.69) is 12.2 Å². The number of carbonyl (C=O) groups is 1. The number of carbonyl (C=O) groups excluding carboxylic acids is 1. The highest BCUT2D eigenvalue weighted by Gasteiger charge is 2.11. The molecule has 0 spiro atoms. The summed E-state index contributed by atoms with van der Waals surface area (Å²) in [5.74, 6) is 0.645. The molecule has 5 nitrogen and oxygen atoms in total. The number of amides is 1. The number of benzene rings is 1. The van der Waals surface area contributed by atoms with Crippen molar-refractivity contribution in [3.63, 3.8) is 0 Å². The summed E-state index contributed by atoms with van der Waals surface area (Å²) in [7, 11) is 1.55. The van der Waals surface area contributed by atoms with Crippen molar-refractivity contribution < 1.29 is 14.3 Å². The first-order valence-corrected chi connectivity index (χ1v) is 6.95. The number of nitrogens with two attached hydrogens (primary N) is 1. The quantitative estimate of drug-likeness (QED) is 0.687. The Kier molecular flexibility index (Phi) is 10.7. The van der Waals surface area contributed by atoms with Crippen LogP contribution in [0.25, 0.3) is 0 Å². The number of hydrogen-bond acceptors (Lipinski definition) is 4. The minimum atomic E-state index is -0.251. The maximum absolute atomic E-state index is 11.8. The topological polar surface area (TPSA) is 73.6 Å². The lowest BCUT2D eigenvalue weighted by atomic mass is 10.2. The Morgan fingerprint density at radius 2 is 2.19 bits per heavy atom. The van der Waals surface area contributed by atoms with Gasteiger partial charge < -0.3 is 20.5 Å². The van der Waals surface area contributed by atoms with Crippen LogP contribution >= 0.6 is 12.4 Å². The van der Waals surface area contributed by atoms with Crippen molar-refractivity contribution in [3.8, 4) is 5.75 Å². The average Bonchev–Trinajstić information content (AvgIpc) is 2.45. The first-order chi connectivity index (χ1) is 9.69. The molecule has 1 unspecified atom stereocenters. The molecule has 0 saturated heterocycles. The molecule has 6 heteroatoms. The number of unbranched alkanes of at least 4 members (excludes halogenated alkanes) is 1. The van der Waals surface area contributed by atoms with Crippen LogP contribution in [-0.4, -0.2) is 32.3 Å². The molecule has 0 aliphatic heterocycles. The fourth-order valence-corrected chi connectivity index (χ4v) is 1.68. The van der Waals surface area contributed by atoms with E-state index in [1.54, 1.807) is 7.11 Å². The lowest BCUT2D eigenvalue weighted by Crippen LogP contribution is -2.28. The van der Waals surface area contributed by atoms with Gasteiger partial charge in [-0.3, -0.25) is 4.79 Å². The van der Waals surface area contributed by atoms with E-state index in [-0.39, 0.29) is 30.8 Å². The van der Waals surface area contributed by atoms with Crippen LogP contribution in [0.2, 0.25) is 0 Å². The molecule has 1 aromatic rings. The Morgan fingerprint density at radius 1 is 1.43 bits per heavy atom. The molecular weight excluding hydrogens is 292 g/mol. The summed E-state index contributed by atoms with van der Waals surface area (Å²) in [5.41, 5.74) is 6.21. The third-order valence-corrected chi connectivity index (χ3v) is 2.89. The van der Waals surface area contributed by atoms with Gasteiger partial charge in [0.2, 0.25) is 5.91 Å². The Labute approximate surface area is 132 Å². The summed E-state index contributed by atoms with van der Waals surface area (Å²) in [6.45, 7) is 3.13. The maximum atomic E-state index is 11.8. The van der Waals surface area contributed by atoms with Crippen molar-refractivity contribution in [1.82, 2.24) is 0 Å². The van der Waals surface area contributed by atoms with E-state index in [1.165, 1.54) is 0 Å². The van der Waals surface area contributed by atoms with E-state index < -0.39 is 0 Å². The molecule has 0 aromatic heterocycles. The number of ether oxygens (including phenoxy) is 2. The van der Waals surface area contributed by atoms with Gasteiger partial charge in [-0.05, 0) is 18.6 Å². The SMILES string of the molecule is CCCCOc1cccc(NC(=O)CC(CN)OC)c1.Cl. The monoisotopic (exact) mass is 316 g/mol. The zero-order chi connectivity index (χ0) is 14.8. The van der Waals surface area contributed by atoms with Crippen LogP contribution in [0.5, 0.6) is 5.75 Å². The van der Waals surface area contributed by atoms with Gasteiger partial charge in [-0.1, -0.05) is 19.4 Å². The molecule has 120 valence electrons. The summed E-state index contributed by atoms with van der Waals surface area (Å²) in [6, 6.07) is 7.38. The molecular formula is C15H25ClN2O3. The van der Waals surface area contributed by atoms with Crippen molar-refractivity contribution in [1.29, 1.82) is 0 Å². The van der Waals surface area contributed by atoms with Gasteiger partial charge >= 0.3 is 0 Å². The highest BCUT2D eigenvalue weighted by atomic mass is 35.5. The molecule has 1 rings (SSSR count). The number of nitrogens with one attached hydrogen (secondary N) is 1. The van der Waals surface area contributed by atoms with E-state index in [4.69, 9.17) is 15.2 Å². The van der Waals surface area contributed by atoms with Crippen LogP contribution in [0.4, 0.5) is 5.69 Å². The molecule has 1 aromatic carbocycles. The van der Waals surface area contributed by atoms with Gasteiger partial charge in [-0.25, -0.2) is 0 Å². The molecule has 0 heterocycles. The summed E-state index contributed by atoms with van der Waals surface area (Å²) in [4.78, 5) is 11.8. The van der Waals surface area contributed by atoms with E-state index in [9.17, 15) is 4.79 Å². The third kappa shape index (κ3) is 7.90. The van der Waals surface area contributed by atoms with E-state index in [0.717, 1.165) is 24.3 Å². The predicted octanol–water partition coefficient (Wildman–Crippen LogP) is 2.59. The van der Waals surface area contributed by atoms with Gasteiger partial charge in [0.1, 0.15) is 5.75 Å². The maximum Gasteiger partial charge on any atom is 0.227 e. The van der Waals surface area contributed by atoms with Crippen LogP contribution in [0.1, 0.15) is 26.2 Å². The second kappa shape index (κ2) is 11.4. The lowest BCUT2D eigenvalue weighted by Gasteiger charge is -2.13. The molecule has 21 heavy (non-hydrogen) atoms. The summed E-state index contributed by atoms with van der Waals surface area (Å²) in [6.07, 6.45) is 2.10. The predicted molar refractivity (Wildman–Crippen MR) is 87.2 cm³/mol. The fraction of sp³-hybridized carbons (Fsp3) is 0.533. The third-order valence-electron chi connectivity index (χ3n) is 2.89. The van der Waals surface area contributed by atoms with Crippen molar-refractivity contribution in [2.75, 3.05) is 25.6 Å². The standard InChI is InChI=1S/C15H24N2O3.ClH/c1-3-4-8-20-13-7-5-6-12(9-13)17-15(18)10-14(11-16)19-2;/h5-7,9,14H,3-4,8,10-11,16H2,1-2H3,(H,17,18);1H. The largest absolute Gasteiger partial charge is 0.494 e. The van der Waals surface area contributed by atoms with Gasteiger partial charge in [-0.15, -0.1) is 12.4 Å². The van der Waals surface area contributed by atoms with Crippen LogP contribution in [0.15, 0.2) is 24.3 Å². The van der Waals surface area contributed by atoms with E-state index in [1.807, 2.05) is 24.3 Å². The normalized spacial score (nSPS) is 11.4. The van der Waals surface area contributed by atoms with Gasteiger partial charge in [0.05, 0.1) is 19.1 Å². The molecule has 0 aliphatic carbocycles. The zero-order valence-corrected chi connectivity index (χ0v) is 13.4. The second-order valence-corrected chi connectivity index (χ2v) is 4.58. The van der Waals surface area contributed by atoms with Crippen molar-refractivity contribution in [3.05, 3.63) is 24.3 Å². The molecule has 3 N–H and O–H groups in total. The van der Waals surface area contributed by atoms with Crippen molar-refractivity contribution in [2.24, 2.45) is 5.73 Å². The van der Waals surface area contributed by atoms with Gasteiger partial charge in [0.15, 0.2) is 0 Å². The van der Waals surface area contributed by atoms with Gasteiger partial charge in [-0.2, -0.15) is 0 Å². The smallest absolute Gasteiger partial charge is 0.227 e. The fourth-order valence-electron chi connectivity index (χ4n) is 1.68. The van der Waals surface area contributed by atoms with Crippen LogP contribution in [-0.2, 0) is 9.53 Å². The number of anilines is 1. The minimum absolute atomic E-state index is 0. The Morgan fingerprint density at radius 3 is 2.81 bits per heavy atom. The Bertz CT molecular complexity index is 412. The molecule has 1 atom stereocenters. The first-order valence-electron chi connectivity index (χ1n) is 6.95. The molecule has 0 aliphatic rings.